The van der Waals surface area contributed by atoms with Gasteiger partial charge in [-0.25, -0.2) is 9.07 Å². The lowest BCUT2D eigenvalue weighted by molar-refractivity contribution is 0.602. The minimum absolute atomic E-state index is 0.288. The molecule has 1 heterocycles. The van der Waals surface area contributed by atoms with Crippen LogP contribution in [-0.2, 0) is 0 Å². The molecule has 0 saturated heterocycles. The highest BCUT2D eigenvalue weighted by Gasteiger charge is 2.10. The molecule has 0 radical (unpaired) electrons. The van der Waals surface area contributed by atoms with Crippen molar-refractivity contribution in [2.24, 2.45) is 0 Å². The van der Waals surface area contributed by atoms with Gasteiger partial charge in [0, 0.05) is 5.69 Å². The molecular formula is C11H10BrFN2. The predicted molar refractivity (Wildman–Crippen MR) is 60.7 cm³/mol. The van der Waals surface area contributed by atoms with E-state index >= 15 is 0 Å². The normalized spacial score (nSPS) is 10.7. The van der Waals surface area contributed by atoms with Crippen LogP contribution in [0.3, 0.4) is 0 Å². The average Bonchev–Trinajstić information content (AvgIpc) is 2.50. The molecule has 0 aliphatic rings. The van der Waals surface area contributed by atoms with Gasteiger partial charge in [-0.3, -0.25) is 0 Å². The summed E-state index contributed by atoms with van der Waals surface area (Å²) in [7, 11) is 0. The van der Waals surface area contributed by atoms with Gasteiger partial charge in [0.2, 0.25) is 0 Å². The fourth-order valence-corrected chi connectivity index (χ4v) is 1.88. The average molecular weight is 269 g/mol. The molecule has 0 aliphatic heterocycles. The molecule has 0 atom stereocenters. The Morgan fingerprint density at radius 2 is 2.07 bits per heavy atom. The summed E-state index contributed by atoms with van der Waals surface area (Å²) in [6.45, 7) is 3.79. The van der Waals surface area contributed by atoms with Gasteiger partial charge >= 0.3 is 0 Å². The van der Waals surface area contributed by atoms with Crippen LogP contribution in [0.5, 0.6) is 0 Å². The molecule has 2 nitrogen and oxygen atoms in total. The Morgan fingerprint density at radius 3 is 2.67 bits per heavy atom. The highest BCUT2D eigenvalue weighted by atomic mass is 79.9. The Balaban J connectivity index is 2.64. The highest BCUT2D eigenvalue weighted by molar-refractivity contribution is 9.10. The first kappa shape index (κ1) is 10.4. The number of nitrogens with zero attached hydrogens (tertiary/aromatic N) is 2. The summed E-state index contributed by atoms with van der Waals surface area (Å²) in [5.74, 6) is -0.288. The van der Waals surface area contributed by atoms with E-state index in [1.807, 2.05) is 19.9 Å². The molecular weight excluding hydrogens is 259 g/mol. The van der Waals surface area contributed by atoms with E-state index < -0.39 is 0 Å². The minimum atomic E-state index is -0.288. The van der Waals surface area contributed by atoms with Crippen molar-refractivity contribution in [1.29, 1.82) is 0 Å². The van der Waals surface area contributed by atoms with Gasteiger partial charge in [-0.1, -0.05) is 6.07 Å². The SMILES string of the molecule is Cc1cc(C)n(-c2cccc(Br)c2F)n1. The third kappa shape index (κ3) is 1.81. The van der Waals surface area contributed by atoms with Crippen LogP contribution in [-0.4, -0.2) is 9.78 Å². The van der Waals surface area contributed by atoms with Crippen LogP contribution in [0.4, 0.5) is 4.39 Å². The van der Waals surface area contributed by atoms with Crippen molar-refractivity contribution in [1.82, 2.24) is 9.78 Å². The van der Waals surface area contributed by atoms with Crippen molar-refractivity contribution in [3.05, 3.63) is 45.9 Å². The molecule has 1 aromatic heterocycles. The third-order valence-electron chi connectivity index (χ3n) is 2.17. The standard InChI is InChI=1S/C11H10BrFN2/c1-7-6-8(2)15(14-7)10-5-3-4-9(12)11(10)13/h3-6H,1-2H3. The van der Waals surface area contributed by atoms with Crippen LogP contribution in [0, 0.1) is 19.7 Å². The molecule has 2 rings (SSSR count). The molecule has 0 unspecified atom stereocenters. The monoisotopic (exact) mass is 268 g/mol. The van der Waals surface area contributed by atoms with Crippen molar-refractivity contribution >= 4 is 15.9 Å². The van der Waals surface area contributed by atoms with Crippen LogP contribution >= 0.6 is 15.9 Å². The van der Waals surface area contributed by atoms with Gasteiger partial charge in [-0.15, -0.1) is 0 Å². The second kappa shape index (κ2) is 3.77. The van der Waals surface area contributed by atoms with E-state index in [1.54, 1.807) is 22.9 Å². The summed E-state index contributed by atoms with van der Waals surface area (Å²) in [5.41, 5.74) is 2.27. The molecule has 2 aromatic rings. The smallest absolute Gasteiger partial charge is 0.163 e. The van der Waals surface area contributed by atoms with E-state index in [-0.39, 0.29) is 5.82 Å². The van der Waals surface area contributed by atoms with Gasteiger partial charge < -0.3 is 0 Å². The van der Waals surface area contributed by atoms with E-state index in [4.69, 9.17) is 0 Å². The van der Waals surface area contributed by atoms with Crippen molar-refractivity contribution in [2.45, 2.75) is 13.8 Å². The number of hydrogen-bond donors (Lipinski definition) is 0. The van der Waals surface area contributed by atoms with Crippen LogP contribution < -0.4 is 0 Å². The Bertz CT molecular complexity index is 505. The van der Waals surface area contributed by atoms with Crippen LogP contribution in [0.25, 0.3) is 5.69 Å². The zero-order valence-corrected chi connectivity index (χ0v) is 10.0. The molecule has 1 aromatic carbocycles. The fourth-order valence-electron chi connectivity index (χ4n) is 1.53. The second-order valence-corrected chi connectivity index (χ2v) is 4.27. The summed E-state index contributed by atoms with van der Waals surface area (Å²) in [6.07, 6.45) is 0. The molecule has 0 N–H and O–H groups in total. The zero-order chi connectivity index (χ0) is 11.0. The van der Waals surface area contributed by atoms with Gasteiger partial charge in [0.15, 0.2) is 5.82 Å². The summed E-state index contributed by atoms with van der Waals surface area (Å²) in [4.78, 5) is 0. The zero-order valence-electron chi connectivity index (χ0n) is 8.46. The largest absolute Gasteiger partial charge is 0.235 e. The molecule has 0 amide bonds. The number of aromatic nitrogens is 2. The number of rotatable bonds is 1. The maximum Gasteiger partial charge on any atom is 0.163 e. The Kier molecular flexibility index (Phi) is 2.61. The Labute approximate surface area is 95.9 Å². The van der Waals surface area contributed by atoms with E-state index in [0.717, 1.165) is 11.4 Å². The highest BCUT2D eigenvalue weighted by Crippen LogP contribution is 2.22. The van der Waals surface area contributed by atoms with Crippen molar-refractivity contribution in [2.75, 3.05) is 0 Å². The number of aryl methyl sites for hydroxylation is 2. The summed E-state index contributed by atoms with van der Waals surface area (Å²) >= 11 is 3.16. The Morgan fingerprint density at radius 1 is 1.33 bits per heavy atom. The number of halogens is 2. The van der Waals surface area contributed by atoms with E-state index in [1.165, 1.54) is 0 Å². The lowest BCUT2D eigenvalue weighted by Gasteiger charge is -2.06. The van der Waals surface area contributed by atoms with Crippen molar-refractivity contribution in [3.63, 3.8) is 0 Å². The number of hydrogen-bond acceptors (Lipinski definition) is 1. The molecule has 0 spiro atoms. The van der Waals surface area contributed by atoms with Crippen LogP contribution in [0.1, 0.15) is 11.4 Å². The van der Waals surface area contributed by atoms with E-state index in [9.17, 15) is 4.39 Å². The lowest BCUT2D eigenvalue weighted by Crippen LogP contribution is -2.02. The number of benzene rings is 1. The van der Waals surface area contributed by atoms with Gasteiger partial charge in [0.1, 0.15) is 5.69 Å². The maximum absolute atomic E-state index is 13.8. The molecule has 0 fully saturated rings. The topological polar surface area (TPSA) is 17.8 Å². The van der Waals surface area contributed by atoms with Crippen LogP contribution in [0.2, 0.25) is 0 Å². The van der Waals surface area contributed by atoms with Gasteiger partial charge in [-0.2, -0.15) is 5.10 Å². The first-order valence-corrected chi connectivity index (χ1v) is 5.36. The molecule has 4 heteroatoms. The van der Waals surface area contributed by atoms with Crippen molar-refractivity contribution in [3.8, 4) is 5.69 Å². The quantitative estimate of drug-likeness (QED) is 0.775. The van der Waals surface area contributed by atoms with E-state index in [0.29, 0.717) is 10.2 Å². The molecule has 15 heavy (non-hydrogen) atoms. The summed E-state index contributed by atoms with van der Waals surface area (Å²) < 4.78 is 15.8. The molecule has 0 bridgehead atoms. The second-order valence-electron chi connectivity index (χ2n) is 3.41. The van der Waals surface area contributed by atoms with Gasteiger partial charge in [-0.05, 0) is 48.0 Å². The first-order chi connectivity index (χ1) is 7.09. The molecule has 78 valence electrons. The fraction of sp³-hybridized carbons (Fsp3) is 0.182. The van der Waals surface area contributed by atoms with Crippen molar-refractivity contribution < 1.29 is 4.39 Å². The van der Waals surface area contributed by atoms with E-state index in [2.05, 4.69) is 21.0 Å². The van der Waals surface area contributed by atoms with Gasteiger partial charge in [0.25, 0.3) is 0 Å². The van der Waals surface area contributed by atoms with Gasteiger partial charge in [0.05, 0.1) is 10.2 Å². The first-order valence-electron chi connectivity index (χ1n) is 4.57. The maximum atomic E-state index is 13.8. The summed E-state index contributed by atoms with van der Waals surface area (Å²) in [5, 5.41) is 4.24. The summed E-state index contributed by atoms with van der Waals surface area (Å²) in [6, 6.07) is 7.09. The predicted octanol–water partition coefficient (Wildman–Crippen LogP) is 3.39. The molecule has 0 aliphatic carbocycles. The third-order valence-corrected chi connectivity index (χ3v) is 2.78. The lowest BCUT2D eigenvalue weighted by atomic mass is 10.3. The minimum Gasteiger partial charge on any atom is -0.235 e. The van der Waals surface area contributed by atoms with Crippen LogP contribution in [0.15, 0.2) is 28.7 Å². The molecule has 0 saturated carbocycles. The Hall–Kier alpha value is -1.16.